The zero-order valence-electron chi connectivity index (χ0n) is 18.8. The Balaban J connectivity index is 1.70. The van der Waals surface area contributed by atoms with Crippen molar-refractivity contribution in [2.24, 2.45) is 0 Å². The summed E-state index contributed by atoms with van der Waals surface area (Å²) >= 11 is 0. The Kier molecular flexibility index (Phi) is 7.87. The number of aryl methyl sites for hydroxylation is 1. The minimum atomic E-state index is -3.35. The van der Waals surface area contributed by atoms with Gasteiger partial charge in [-0.3, -0.25) is 14.4 Å². The lowest BCUT2D eigenvalue weighted by Crippen LogP contribution is -2.46. The van der Waals surface area contributed by atoms with Gasteiger partial charge >= 0.3 is 0 Å². The van der Waals surface area contributed by atoms with Gasteiger partial charge in [-0.15, -0.1) is 0 Å². The minimum Gasteiger partial charge on any atom is -0.383 e. The van der Waals surface area contributed by atoms with E-state index in [9.17, 15) is 14.5 Å². The van der Waals surface area contributed by atoms with Crippen LogP contribution in [0.25, 0.3) is 0 Å². The molecule has 0 saturated heterocycles. The number of hydrogen-bond donors (Lipinski definition) is 2. The Labute approximate surface area is 200 Å². The predicted molar refractivity (Wildman–Crippen MR) is 138 cm³/mol. The van der Waals surface area contributed by atoms with E-state index in [4.69, 9.17) is 0 Å². The van der Waals surface area contributed by atoms with Crippen molar-refractivity contribution in [2.45, 2.75) is 25.0 Å². The molecule has 2 atom stereocenters. The van der Waals surface area contributed by atoms with Crippen molar-refractivity contribution >= 4 is 23.7 Å². The third kappa shape index (κ3) is 5.60. The number of rotatable bonds is 10. The Morgan fingerprint density at radius 2 is 1.15 bits per heavy atom. The van der Waals surface area contributed by atoms with Gasteiger partial charge in [-0.2, -0.15) is 0 Å². The summed E-state index contributed by atoms with van der Waals surface area (Å²) < 4.78 is 14.6. The summed E-state index contributed by atoms with van der Waals surface area (Å²) in [6.45, 7) is 0. The summed E-state index contributed by atoms with van der Waals surface area (Å²) in [6.07, 6.45) is -0.291. The van der Waals surface area contributed by atoms with Gasteiger partial charge in [0.25, 0.3) is 0 Å². The van der Waals surface area contributed by atoms with Crippen molar-refractivity contribution in [1.82, 2.24) is 5.09 Å². The van der Waals surface area contributed by atoms with E-state index in [0.717, 1.165) is 5.56 Å². The van der Waals surface area contributed by atoms with Crippen molar-refractivity contribution in [2.75, 3.05) is 0 Å². The molecule has 4 aromatic rings. The van der Waals surface area contributed by atoms with Crippen molar-refractivity contribution in [3.8, 4) is 0 Å². The van der Waals surface area contributed by atoms with E-state index < -0.39 is 19.4 Å². The molecule has 2 N–H and O–H groups in total. The maximum atomic E-state index is 14.6. The normalized spacial score (nSPS) is 13.2. The lowest BCUT2D eigenvalue weighted by Gasteiger charge is -2.29. The summed E-state index contributed by atoms with van der Waals surface area (Å²) in [4.78, 5) is 13.2. The van der Waals surface area contributed by atoms with Crippen LogP contribution >= 0.6 is 7.29 Å². The summed E-state index contributed by atoms with van der Waals surface area (Å²) in [6, 6.07) is 36.3. The van der Waals surface area contributed by atoms with E-state index >= 15 is 0 Å². The number of Topliss-reactive ketones (excluding diaryl/α,β-unsaturated/α-hetero) is 1. The average molecular weight is 470 g/mol. The molecule has 0 bridgehead atoms. The van der Waals surface area contributed by atoms with E-state index in [2.05, 4.69) is 5.09 Å². The first kappa shape index (κ1) is 23.8. The Bertz CT molecular complexity index is 1190. The highest BCUT2D eigenvalue weighted by Gasteiger charge is 2.35. The number of aliphatic hydroxyl groups is 1. The van der Waals surface area contributed by atoms with Crippen LogP contribution in [0, 0.1) is 0 Å². The van der Waals surface area contributed by atoms with E-state index in [0.29, 0.717) is 29.0 Å². The number of ketones is 1. The molecule has 34 heavy (non-hydrogen) atoms. The highest BCUT2D eigenvalue weighted by atomic mass is 31.2. The van der Waals surface area contributed by atoms with Gasteiger partial charge in [0.05, 0.1) is 0 Å². The monoisotopic (exact) mass is 469 g/mol. The van der Waals surface area contributed by atoms with Crippen LogP contribution in [0.5, 0.6) is 0 Å². The first-order valence-electron chi connectivity index (χ1n) is 11.4. The van der Waals surface area contributed by atoms with Crippen LogP contribution in [0.2, 0.25) is 0 Å². The quantitative estimate of drug-likeness (QED) is 0.260. The molecule has 0 heterocycles. The molecule has 0 fully saturated rings. The molecule has 0 radical (unpaired) electrons. The smallest absolute Gasteiger partial charge is 0.204 e. The third-order valence-corrected chi connectivity index (χ3v) is 8.63. The fraction of sp³-hybridized carbons (Fsp3) is 0.138. The van der Waals surface area contributed by atoms with Crippen LogP contribution in [0.1, 0.15) is 22.3 Å². The molecule has 0 spiro atoms. The molecular weight excluding hydrogens is 441 g/mol. The van der Waals surface area contributed by atoms with E-state index in [1.807, 2.05) is 97.1 Å². The Morgan fingerprint density at radius 1 is 0.706 bits per heavy atom. The number of benzene rings is 4. The summed E-state index contributed by atoms with van der Waals surface area (Å²) in [7, 11) is -3.35. The molecule has 0 unspecified atom stereocenters. The average Bonchev–Trinajstić information content (AvgIpc) is 2.92. The number of nitrogens with one attached hydrogen (secondary N) is 1. The van der Waals surface area contributed by atoms with Gasteiger partial charge in [0.2, 0.25) is 7.29 Å². The van der Waals surface area contributed by atoms with Crippen molar-refractivity contribution in [3.05, 3.63) is 132 Å². The standard InChI is InChI=1S/C29H28NO3P/c31-28(24-15-7-2-8-16-24)29(32)27(22-21-23-13-5-1-6-14-23)30-34(33,25-17-9-3-10-18-25)26-19-11-4-12-20-26/h1-20,27,29,32H,21-22H2,(H,30,33)/t27-,29-/m1/s1. The molecule has 0 aliphatic rings. The van der Waals surface area contributed by atoms with E-state index in [1.54, 1.807) is 24.3 Å². The van der Waals surface area contributed by atoms with Crippen LogP contribution in [-0.2, 0) is 11.0 Å². The van der Waals surface area contributed by atoms with Crippen LogP contribution in [0.15, 0.2) is 121 Å². The number of carbonyl (C=O) groups excluding carboxylic acids is 1. The van der Waals surface area contributed by atoms with Crippen LogP contribution in [-0.4, -0.2) is 23.0 Å². The number of carbonyl (C=O) groups is 1. The predicted octanol–water partition coefficient (Wildman–Crippen LogP) is 4.75. The molecule has 5 heteroatoms. The fourth-order valence-corrected chi connectivity index (χ4v) is 6.54. The lowest BCUT2D eigenvalue weighted by atomic mass is 9.96. The third-order valence-electron chi connectivity index (χ3n) is 5.88. The van der Waals surface area contributed by atoms with Crippen molar-refractivity contribution in [3.63, 3.8) is 0 Å². The van der Waals surface area contributed by atoms with E-state index in [1.165, 1.54) is 0 Å². The molecule has 0 aliphatic carbocycles. The molecule has 4 rings (SSSR count). The highest BCUT2D eigenvalue weighted by Crippen LogP contribution is 2.40. The van der Waals surface area contributed by atoms with Gasteiger partial charge < -0.3 is 5.11 Å². The number of aliphatic hydroxyl groups excluding tert-OH is 1. The van der Waals surface area contributed by atoms with Crippen molar-refractivity contribution < 1.29 is 14.5 Å². The first-order valence-corrected chi connectivity index (χ1v) is 13.1. The SMILES string of the molecule is O=C(c1ccccc1)[C@H](O)[C@@H](CCc1ccccc1)NP(=O)(c1ccccc1)c1ccccc1. The molecule has 172 valence electrons. The Hall–Kier alpha value is -3.30. The van der Waals surface area contributed by atoms with Gasteiger partial charge in [-0.05, 0) is 42.7 Å². The fourth-order valence-electron chi connectivity index (χ4n) is 4.02. The first-order chi connectivity index (χ1) is 16.6. The zero-order valence-corrected chi connectivity index (χ0v) is 19.7. The molecule has 0 amide bonds. The molecule has 0 aliphatic heterocycles. The van der Waals surface area contributed by atoms with Gasteiger partial charge in [-0.1, -0.05) is 97.1 Å². The second-order valence-electron chi connectivity index (χ2n) is 8.22. The molecule has 4 nitrogen and oxygen atoms in total. The second-order valence-corrected chi connectivity index (χ2v) is 10.7. The molecular formula is C29H28NO3P. The molecule has 0 aromatic heterocycles. The van der Waals surface area contributed by atoms with Gasteiger partial charge in [0.1, 0.15) is 6.10 Å². The zero-order chi connectivity index (χ0) is 23.8. The Morgan fingerprint density at radius 3 is 1.65 bits per heavy atom. The van der Waals surface area contributed by atoms with Gasteiger partial charge in [0, 0.05) is 22.2 Å². The maximum absolute atomic E-state index is 14.6. The van der Waals surface area contributed by atoms with E-state index in [-0.39, 0.29) is 5.78 Å². The maximum Gasteiger partial charge on any atom is 0.204 e. The highest BCUT2D eigenvalue weighted by molar-refractivity contribution is 7.76. The summed E-state index contributed by atoms with van der Waals surface area (Å²) in [5.41, 5.74) is 1.51. The lowest BCUT2D eigenvalue weighted by molar-refractivity contribution is 0.0672. The minimum absolute atomic E-state index is 0.390. The topological polar surface area (TPSA) is 66.4 Å². The van der Waals surface area contributed by atoms with Crippen LogP contribution < -0.4 is 15.7 Å². The largest absolute Gasteiger partial charge is 0.383 e. The van der Waals surface area contributed by atoms with Gasteiger partial charge in [0.15, 0.2) is 5.78 Å². The summed E-state index contributed by atoms with van der Waals surface area (Å²) in [5.74, 6) is -0.390. The molecule has 4 aromatic carbocycles. The van der Waals surface area contributed by atoms with Gasteiger partial charge in [-0.25, -0.2) is 0 Å². The molecule has 0 saturated carbocycles. The second kappa shape index (κ2) is 11.2. The van der Waals surface area contributed by atoms with Crippen molar-refractivity contribution in [1.29, 1.82) is 0 Å². The number of hydrogen-bond acceptors (Lipinski definition) is 3. The van der Waals surface area contributed by atoms with Crippen LogP contribution in [0.3, 0.4) is 0 Å². The summed E-state index contributed by atoms with van der Waals surface area (Å²) in [5, 5.41) is 15.8. The van der Waals surface area contributed by atoms with Crippen LogP contribution in [0.4, 0.5) is 0 Å².